The van der Waals surface area contributed by atoms with Crippen LogP contribution in [0.5, 0.6) is 0 Å². The molecule has 0 spiro atoms. The molecule has 0 radical (unpaired) electrons. The van der Waals surface area contributed by atoms with Crippen molar-refractivity contribution in [3.63, 3.8) is 0 Å². The van der Waals surface area contributed by atoms with Crippen LogP contribution in [0.25, 0.3) is 11.0 Å². The van der Waals surface area contributed by atoms with Gasteiger partial charge >= 0.3 is 5.97 Å². The molecule has 0 aliphatic heterocycles. The number of nitrogens with one attached hydrogen (secondary N) is 1. The fraction of sp³-hybridized carbons (Fsp3) is 0.348. The smallest absolute Gasteiger partial charge is 0.307 e. The Bertz CT molecular complexity index is 1270. The molecular formula is C23H30ClN5O4S. The van der Waals surface area contributed by atoms with Crippen molar-refractivity contribution in [3.8, 4) is 0 Å². The third-order valence-corrected chi connectivity index (χ3v) is 7.40. The van der Waals surface area contributed by atoms with Gasteiger partial charge in [-0.1, -0.05) is 31.2 Å². The first-order valence-corrected chi connectivity index (χ1v) is 12.2. The lowest BCUT2D eigenvalue weighted by Gasteiger charge is -2.20. The number of hydrogen-bond acceptors (Lipinski definition) is 6. The summed E-state index contributed by atoms with van der Waals surface area (Å²) in [6, 6.07) is 12.3. The first-order valence-electron chi connectivity index (χ1n) is 10.7. The van der Waals surface area contributed by atoms with Gasteiger partial charge in [0, 0.05) is 32.1 Å². The molecule has 3 N–H and O–H groups in total. The van der Waals surface area contributed by atoms with Crippen molar-refractivity contribution in [3.05, 3.63) is 59.4 Å². The quantitative estimate of drug-likeness (QED) is 0.246. The second-order valence-corrected chi connectivity index (χ2v) is 9.51. The Morgan fingerprint density at radius 2 is 1.85 bits per heavy atom. The van der Waals surface area contributed by atoms with E-state index in [1.165, 1.54) is 4.31 Å². The molecular weight excluding hydrogens is 478 g/mol. The minimum Gasteiger partial charge on any atom is -0.466 e. The number of esters is 1. The largest absolute Gasteiger partial charge is 0.466 e. The maximum absolute atomic E-state index is 13.2. The molecule has 0 atom stereocenters. The van der Waals surface area contributed by atoms with Gasteiger partial charge in [0.1, 0.15) is 11.7 Å². The third-order valence-electron chi connectivity index (χ3n) is 5.43. The van der Waals surface area contributed by atoms with Gasteiger partial charge in [-0.2, -0.15) is 4.31 Å². The Morgan fingerprint density at radius 3 is 2.44 bits per heavy atom. The van der Waals surface area contributed by atoms with Crippen molar-refractivity contribution < 1.29 is 17.9 Å². The van der Waals surface area contributed by atoms with Crippen LogP contribution in [-0.2, 0) is 33.0 Å². The summed E-state index contributed by atoms with van der Waals surface area (Å²) < 4.78 is 34.4. The van der Waals surface area contributed by atoms with Crippen LogP contribution < -0.4 is 5.73 Å². The maximum Gasteiger partial charge on any atom is 0.307 e. The predicted octanol–water partition coefficient (Wildman–Crippen LogP) is 2.83. The molecule has 2 aromatic carbocycles. The number of ether oxygens (including phenoxy) is 1. The van der Waals surface area contributed by atoms with Crippen LogP contribution in [0.2, 0.25) is 0 Å². The zero-order chi connectivity index (χ0) is 24.2. The molecule has 3 aromatic rings. The summed E-state index contributed by atoms with van der Waals surface area (Å²) in [5.74, 6) is 0.374. The predicted molar refractivity (Wildman–Crippen MR) is 134 cm³/mol. The van der Waals surface area contributed by atoms with Crippen molar-refractivity contribution in [2.45, 2.75) is 31.6 Å². The second-order valence-electron chi connectivity index (χ2n) is 7.58. The van der Waals surface area contributed by atoms with E-state index in [9.17, 15) is 13.2 Å². The number of imidazole rings is 1. The molecule has 1 aromatic heterocycles. The van der Waals surface area contributed by atoms with E-state index in [1.54, 1.807) is 44.2 Å². The zero-order valence-corrected chi connectivity index (χ0v) is 21.1. The Kier molecular flexibility index (Phi) is 9.20. The second kappa shape index (κ2) is 11.5. The van der Waals surface area contributed by atoms with E-state index in [2.05, 4.69) is 4.98 Å². The first kappa shape index (κ1) is 27.3. The van der Waals surface area contributed by atoms with Gasteiger partial charge < -0.3 is 15.0 Å². The molecule has 34 heavy (non-hydrogen) atoms. The Balaban J connectivity index is 0.00000408. The number of amidine groups is 1. The number of sulfonamides is 1. The molecule has 1 heterocycles. The number of nitrogens with zero attached hydrogens (tertiary/aromatic N) is 3. The van der Waals surface area contributed by atoms with Gasteiger partial charge in [-0.05, 0) is 30.7 Å². The SMILES string of the molecule is CCOC(=O)CCN(CC)S(=O)(=O)c1ccc2c(c1)nc(Cc1ccc(C(=N)N)cc1)n2C.Cl. The Hall–Kier alpha value is -2.95. The lowest BCUT2D eigenvalue weighted by atomic mass is 10.1. The van der Waals surface area contributed by atoms with Crippen molar-refractivity contribution in [2.75, 3.05) is 19.7 Å². The summed E-state index contributed by atoms with van der Waals surface area (Å²) in [6.07, 6.45) is 0.547. The molecule has 0 unspecified atom stereocenters. The first-order chi connectivity index (χ1) is 15.7. The fourth-order valence-corrected chi connectivity index (χ4v) is 5.05. The highest BCUT2D eigenvalue weighted by Crippen LogP contribution is 2.23. The van der Waals surface area contributed by atoms with Gasteiger partial charge in [0.25, 0.3) is 0 Å². The topological polar surface area (TPSA) is 131 Å². The summed E-state index contributed by atoms with van der Waals surface area (Å²) in [7, 11) is -1.89. The number of benzene rings is 2. The molecule has 9 nitrogen and oxygen atoms in total. The lowest BCUT2D eigenvalue weighted by molar-refractivity contribution is -0.143. The molecule has 0 saturated carbocycles. The normalized spacial score (nSPS) is 11.4. The monoisotopic (exact) mass is 507 g/mol. The number of nitrogens with two attached hydrogens (primary N) is 1. The molecule has 0 fully saturated rings. The number of nitrogen functional groups attached to an aromatic ring is 1. The highest BCUT2D eigenvalue weighted by Gasteiger charge is 2.25. The number of aromatic nitrogens is 2. The molecule has 11 heteroatoms. The minimum atomic E-state index is -3.78. The number of carbonyl (C=O) groups excluding carboxylic acids is 1. The Morgan fingerprint density at radius 1 is 1.18 bits per heavy atom. The summed E-state index contributed by atoms with van der Waals surface area (Å²) in [5.41, 5.74) is 8.56. The number of fused-ring (bicyclic) bond motifs is 1. The van der Waals surface area contributed by atoms with Crippen molar-refractivity contribution in [1.29, 1.82) is 5.41 Å². The van der Waals surface area contributed by atoms with Gasteiger partial charge in [0.05, 0.1) is 29.0 Å². The van der Waals surface area contributed by atoms with Gasteiger partial charge in [0.2, 0.25) is 10.0 Å². The summed E-state index contributed by atoms with van der Waals surface area (Å²) >= 11 is 0. The number of aryl methyl sites for hydroxylation is 1. The van der Waals surface area contributed by atoms with Crippen LogP contribution in [0.1, 0.15) is 37.2 Å². The highest BCUT2D eigenvalue weighted by atomic mass is 35.5. The summed E-state index contributed by atoms with van der Waals surface area (Å²) in [5, 5.41) is 7.50. The van der Waals surface area contributed by atoms with Crippen LogP contribution in [0, 0.1) is 5.41 Å². The number of rotatable bonds is 10. The third kappa shape index (κ3) is 5.94. The van der Waals surface area contributed by atoms with E-state index >= 15 is 0 Å². The number of halogens is 1. The van der Waals surface area contributed by atoms with E-state index in [0.29, 0.717) is 17.5 Å². The molecule has 0 aliphatic carbocycles. The van der Waals surface area contributed by atoms with Crippen molar-refractivity contribution >= 4 is 45.3 Å². The minimum absolute atomic E-state index is 0. The van der Waals surface area contributed by atoms with Gasteiger partial charge in [-0.15, -0.1) is 12.4 Å². The van der Waals surface area contributed by atoms with E-state index in [1.807, 2.05) is 23.7 Å². The molecule has 184 valence electrons. The van der Waals surface area contributed by atoms with Crippen molar-refractivity contribution in [2.24, 2.45) is 12.8 Å². The van der Waals surface area contributed by atoms with Crippen LogP contribution in [0.15, 0.2) is 47.4 Å². The molecule has 0 bridgehead atoms. The fourth-order valence-electron chi connectivity index (χ4n) is 3.58. The molecule has 3 rings (SSSR count). The Labute approximate surface area is 205 Å². The van der Waals surface area contributed by atoms with Crippen LogP contribution in [0.3, 0.4) is 0 Å². The van der Waals surface area contributed by atoms with Gasteiger partial charge in [0.15, 0.2) is 0 Å². The van der Waals surface area contributed by atoms with Crippen LogP contribution in [0.4, 0.5) is 0 Å². The number of carbonyl (C=O) groups is 1. The average Bonchev–Trinajstić information content (AvgIpc) is 3.09. The van der Waals surface area contributed by atoms with Crippen LogP contribution >= 0.6 is 12.4 Å². The van der Waals surface area contributed by atoms with Crippen molar-refractivity contribution in [1.82, 2.24) is 13.9 Å². The van der Waals surface area contributed by atoms with Gasteiger partial charge in [-0.25, -0.2) is 13.4 Å². The molecule has 0 aliphatic rings. The van der Waals surface area contributed by atoms with Crippen LogP contribution in [-0.4, -0.2) is 53.8 Å². The number of hydrogen-bond donors (Lipinski definition) is 2. The zero-order valence-electron chi connectivity index (χ0n) is 19.4. The van der Waals surface area contributed by atoms with E-state index in [0.717, 1.165) is 16.9 Å². The average molecular weight is 508 g/mol. The summed E-state index contributed by atoms with van der Waals surface area (Å²) in [4.78, 5) is 16.5. The molecule has 0 amide bonds. The maximum atomic E-state index is 13.2. The lowest BCUT2D eigenvalue weighted by Crippen LogP contribution is -2.33. The van der Waals surface area contributed by atoms with Gasteiger partial charge in [-0.3, -0.25) is 10.2 Å². The standard InChI is InChI=1S/C23H29N5O4S.ClH/c1-4-28(13-12-22(29)32-5-2)33(30,31)18-10-11-20-19(15-18)26-21(27(20)3)14-16-6-8-17(9-7-16)23(24)25;/h6-11,15H,4-5,12-14H2,1-3H3,(H3,24,25);1H. The van der Waals surface area contributed by atoms with E-state index < -0.39 is 16.0 Å². The van der Waals surface area contributed by atoms with E-state index in [-0.39, 0.29) is 49.3 Å². The molecule has 0 saturated heterocycles. The highest BCUT2D eigenvalue weighted by molar-refractivity contribution is 7.89. The summed E-state index contributed by atoms with van der Waals surface area (Å²) in [6.45, 7) is 4.00. The van der Waals surface area contributed by atoms with E-state index in [4.69, 9.17) is 15.9 Å².